The fraction of sp³-hybridized carbons (Fsp3) is 0.900. The van der Waals surface area contributed by atoms with Gasteiger partial charge in [-0.05, 0) is 80.5 Å². The monoisotopic (exact) mass is 304 g/mol. The van der Waals surface area contributed by atoms with Gasteiger partial charge in [0, 0.05) is 0 Å². The summed E-state index contributed by atoms with van der Waals surface area (Å²) in [6, 6.07) is 0. The van der Waals surface area contributed by atoms with Crippen molar-refractivity contribution in [3.05, 3.63) is 11.6 Å². The van der Waals surface area contributed by atoms with Crippen LogP contribution in [0.4, 0.5) is 0 Å². The van der Waals surface area contributed by atoms with Crippen LogP contribution in [0, 0.1) is 35.0 Å². The third kappa shape index (κ3) is 1.92. The first-order valence-corrected chi connectivity index (χ1v) is 9.59. The molecule has 2 nitrogen and oxygen atoms in total. The Morgan fingerprint density at radius 1 is 1.00 bits per heavy atom. The highest BCUT2D eigenvalue weighted by Crippen LogP contribution is 2.63. The summed E-state index contributed by atoms with van der Waals surface area (Å²) >= 11 is 0. The minimum absolute atomic E-state index is 0.269. The van der Waals surface area contributed by atoms with Crippen LogP contribution in [0.1, 0.15) is 65.2 Å². The van der Waals surface area contributed by atoms with Gasteiger partial charge >= 0.3 is 0 Å². The van der Waals surface area contributed by atoms with Crippen molar-refractivity contribution in [3.8, 4) is 0 Å². The van der Waals surface area contributed by atoms with E-state index in [1.54, 1.807) is 5.57 Å². The zero-order valence-corrected chi connectivity index (χ0v) is 14.2. The Balaban J connectivity index is 1.70. The molecule has 4 aliphatic rings. The maximum absolute atomic E-state index is 11.0. The molecule has 8 atom stereocenters. The van der Waals surface area contributed by atoms with Crippen LogP contribution in [0.5, 0.6) is 0 Å². The Labute approximate surface area is 135 Å². The molecule has 0 aromatic rings. The summed E-state index contributed by atoms with van der Waals surface area (Å²) in [5.74, 6) is 2.61. The first-order valence-electron chi connectivity index (χ1n) is 9.59. The highest BCUT2D eigenvalue weighted by molar-refractivity contribution is 5.19. The van der Waals surface area contributed by atoms with Gasteiger partial charge in [0.15, 0.2) is 0 Å². The van der Waals surface area contributed by atoms with Crippen molar-refractivity contribution in [1.82, 2.24) is 0 Å². The van der Waals surface area contributed by atoms with E-state index in [1.165, 1.54) is 44.9 Å². The van der Waals surface area contributed by atoms with E-state index in [2.05, 4.69) is 19.9 Å². The molecule has 4 aliphatic carbocycles. The van der Waals surface area contributed by atoms with E-state index in [-0.39, 0.29) is 5.41 Å². The van der Waals surface area contributed by atoms with Crippen LogP contribution in [-0.4, -0.2) is 22.4 Å². The first kappa shape index (κ1) is 15.2. The molecule has 4 fully saturated rings. The molecule has 124 valence electrons. The van der Waals surface area contributed by atoms with Crippen molar-refractivity contribution in [1.29, 1.82) is 0 Å². The quantitative estimate of drug-likeness (QED) is 0.666. The molecule has 0 aromatic heterocycles. The Bertz CT molecular complexity index is 470. The summed E-state index contributed by atoms with van der Waals surface area (Å²) < 4.78 is 0. The fourth-order valence-electron chi connectivity index (χ4n) is 7.20. The summed E-state index contributed by atoms with van der Waals surface area (Å²) in [6.07, 6.45) is 11.3. The maximum Gasteiger partial charge on any atom is 0.0835 e. The van der Waals surface area contributed by atoms with Crippen molar-refractivity contribution in [2.24, 2.45) is 35.0 Å². The molecule has 0 heterocycles. The van der Waals surface area contributed by atoms with Gasteiger partial charge in [-0.2, -0.15) is 0 Å². The first-order chi connectivity index (χ1) is 10.6. The lowest BCUT2D eigenvalue weighted by atomic mass is 9.45. The second kappa shape index (κ2) is 5.34. The van der Waals surface area contributed by atoms with Crippen LogP contribution in [0.15, 0.2) is 11.6 Å². The van der Waals surface area contributed by atoms with Gasteiger partial charge in [-0.15, -0.1) is 0 Å². The summed E-state index contributed by atoms with van der Waals surface area (Å²) in [4.78, 5) is 0. The van der Waals surface area contributed by atoms with E-state index in [9.17, 15) is 10.2 Å². The zero-order chi connectivity index (χ0) is 15.5. The number of aliphatic hydroxyl groups is 2. The lowest BCUT2D eigenvalue weighted by Crippen LogP contribution is -2.61. The van der Waals surface area contributed by atoms with E-state index in [1.807, 2.05) is 0 Å². The summed E-state index contributed by atoms with van der Waals surface area (Å²) in [6.45, 7) is 4.61. The Morgan fingerprint density at radius 2 is 1.82 bits per heavy atom. The van der Waals surface area contributed by atoms with Crippen LogP contribution >= 0.6 is 0 Å². The topological polar surface area (TPSA) is 40.5 Å². The summed E-state index contributed by atoms with van der Waals surface area (Å²) in [5.41, 5.74) is 1.90. The second-order valence-electron chi connectivity index (χ2n) is 8.77. The molecule has 0 aromatic carbocycles. The van der Waals surface area contributed by atoms with Gasteiger partial charge in [-0.25, -0.2) is 0 Å². The molecule has 4 rings (SSSR count). The summed E-state index contributed by atoms with van der Waals surface area (Å²) in [5, 5.41) is 21.8. The van der Waals surface area contributed by atoms with Crippen LogP contribution in [-0.2, 0) is 0 Å². The minimum Gasteiger partial charge on any atom is -0.390 e. The molecule has 5 unspecified atom stereocenters. The fourth-order valence-corrected chi connectivity index (χ4v) is 7.20. The molecular weight excluding hydrogens is 272 g/mol. The standard InChI is InChI=1S/C20H32O2/c1-3-12-7-8-14-13(12)9-10-15-17(14)19(22)18(21)16-6-4-5-11-20(15,16)2/h3,13-19,21-22H,4-11H2,1-2H3/b12-3-/t13?,14?,15?,16?,17?,18-,19-,20-/m1/s1. The number of aliphatic hydroxyl groups excluding tert-OH is 2. The minimum atomic E-state index is -0.486. The number of hydrogen-bond donors (Lipinski definition) is 2. The normalized spacial score (nSPS) is 56.4. The van der Waals surface area contributed by atoms with Gasteiger partial charge in [0.25, 0.3) is 0 Å². The molecule has 22 heavy (non-hydrogen) atoms. The third-order valence-electron chi connectivity index (χ3n) is 8.21. The van der Waals surface area contributed by atoms with E-state index in [4.69, 9.17) is 0 Å². The molecule has 0 saturated heterocycles. The number of fused-ring (bicyclic) bond motifs is 5. The molecule has 0 spiro atoms. The number of hydrogen-bond acceptors (Lipinski definition) is 2. The SMILES string of the molecule is C/C=C1/CCC2C1CCC1C2[C@@H](O)[C@H](O)C2CCCC[C@]12C. The molecular formula is C20H32O2. The Kier molecular flexibility index (Phi) is 3.69. The van der Waals surface area contributed by atoms with Crippen LogP contribution < -0.4 is 0 Å². The van der Waals surface area contributed by atoms with Gasteiger partial charge in [0.2, 0.25) is 0 Å². The smallest absolute Gasteiger partial charge is 0.0835 e. The lowest BCUT2D eigenvalue weighted by molar-refractivity contribution is -0.201. The van der Waals surface area contributed by atoms with Crippen LogP contribution in [0.25, 0.3) is 0 Å². The highest BCUT2D eigenvalue weighted by Gasteiger charge is 2.60. The third-order valence-corrected chi connectivity index (χ3v) is 8.21. The van der Waals surface area contributed by atoms with Crippen molar-refractivity contribution < 1.29 is 10.2 Å². The molecule has 0 bridgehead atoms. The molecule has 2 N–H and O–H groups in total. The van der Waals surface area contributed by atoms with Crippen LogP contribution in [0.3, 0.4) is 0 Å². The van der Waals surface area contributed by atoms with Gasteiger partial charge < -0.3 is 10.2 Å². The van der Waals surface area contributed by atoms with Crippen LogP contribution in [0.2, 0.25) is 0 Å². The van der Waals surface area contributed by atoms with Crippen molar-refractivity contribution in [2.45, 2.75) is 77.4 Å². The van der Waals surface area contributed by atoms with E-state index in [0.717, 1.165) is 6.42 Å². The molecule has 0 radical (unpaired) electrons. The Morgan fingerprint density at radius 3 is 2.59 bits per heavy atom. The molecule has 2 heteroatoms. The lowest BCUT2D eigenvalue weighted by Gasteiger charge is -2.61. The Hall–Kier alpha value is -0.340. The molecule has 4 saturated carbocycles. The zero-order valence-electron chi connectivity index (χ0n) is 14.2. The van der Waals surface area contributed by atoms with Crippen molar-refractivity contribution >= 4 is 0 Å². The molecule has 0 aliphatic heterocycles. The van der Waals surface area contributed by atoms with E-state index < -0.39 is 12.2 Å². The maximum atomic E-state index is 11.0. The van der Waals surface area contributed by atoms with E-state index in [0.29, 0.717) is 29.6 Å². The van der Waals surface area contributed by atoms with Crippen molar-refractivity contribution in [3.63, 3.8) is 0 Å². The predicted molar refractivity (Wildman–Crippen MR) is 88.3 cm³/mol. The summed E-state index contributed by atoms with van der Waals surface area (Å²) in [7, 11) is 0. The van der Waals surface area contributed by atoms with Gasteiger partial charge in [0.05, 0.1) is 12.2 Å². The number of rotatable bonds is 0. The second-order valence-corrected chi connectivity index (χ2v) is 8.77. The van der Waals surface area contributed by atoms with Crippen molar-refractivity contribution in [2.75, 3.05) is 0 Å². The van der Waals surface area contributed by atoms with Gasteiger partial charge in [-0.1, -0.05) is 31.4 Å². The number of allylic oxidation sites excluding steroid dienone is 2. The van der Waals surface area contributed by atoms with Gasteiger partial charge in [0.1, 0.15) is 0 Å². The van der Waals surface area contributed by atoms with Gasteiger partial charge in [-0.3, -0.25) is 0 Å². The average Bonchev–Trinajstić information content (AvgIpc) is 2.95. The average molecular weight is 304 g/mol. The van der Waals surface area contributed by atoms with E-state index >= 15 is 0 Å². The molecule has 0 amide bonds. The highest BCUT2D eigenvalue weighted by atomic mass is 16.3. The predicted octanol–water partition coefficient (Wildman–Crippen LogP) is 3.92. The largest absolute Gasteiger partial charge is 0.390 e.